The summed E-state index contributed by atoms with van der Waals surface area (Å²) in [6, 6.07) is 1.77. The van der Waals surface area contributed by atoms with Crippen molar-refractivity contribution in [2.24, 2.45) is 0 Å². The van der Waals surface area contributed by atoms with Gasteiger partial charge in [0.05, 0.1) is 0 Å². The number of nitrogens with one attached hydrogen (secondary N) is 1. The lowest BCUT2D eigenvalue weighted by molar-refractivity contribution is 0.0702. The lowest BCUT2D eigenvalue weighted by Gasteiger charge is -2.08. The molecule has 1 aromatic rings. The van der Waals surface area contributed by atoms with Gasteiger partial charge in [0.15, 0.2) is 0 Å². The van der Waals surface area contributed by atoms with Crippen LogP contribution < -0.4 is 5.32 Å². The van der Waals surface area contributed by atoms with E-state index in [1.165, 1.54) is 11.3 Å². The molecule has 0 aliphatic rings. The summed E-state index contributed by atoms with van der Waals surface area (Å²) in [5, 5.41) is 12.9. The second-order valence-electron chi connectivity index (χ2n) is 4.01. The van der Waals surface area contributed by atoms with Gasteiger partial charge in [-0.3, -0.25) is 0 Å². The number of carbonyl (C=O) groups is 1. The molecule has 0 saturated heterocycles. The number of hydrogen-bond acceptors (Lipinski definition) is 4. The molecular formula is C12H19NO2S2. The van der Waals surface area contributed by atoms with Crippen LogP contribution in [-0.4, -0.2) is 29.1 Å². The molecule has 1 unspecified atom stereocenters. The van der Waals surface area contributed by atoms with E-state index in [1.54, 1.807) is 6.07 Å². The summed E-state index contributed by atoms with van der Waals surface area (Å²) in [5.74, 6) is -0.833. The van der Waals surface area contributed by atoms with Crippen LogP contribution in [0.4, 0.5) is 0 Å². The van der Waals surface area contributed by atoms with Gasteiger partial charge >= 0.3 is 5.97 Å². The Morgan fingerprint density at radius 2 is 2.35 bits per heavy atom. The van der Waals surface area contributed by atoms with Gasteiger partial charge < -0.3 is 10.4 Å². The Morgan fingerprint density at radius 1 is 1.65 bits per heavy atom. The van der Waals surface area contributed by atoms with Crippen LogP contribution in [-0.2, 0) is 6.54 Å². The minimum Gasteiger partial charge on any atom is -0.477 e. The van der Waals surface area contributed by atoms with Crippen molar-refractivity contribution in [2.75, 3.05) is 12.8 Å². The van der Waals surface area contributed by atoms with E-state index >= 15 is 0 Å². The third kappa shape index (κ3) is 4.69. The molecule has 2 N–H and O–H groups in total. The molecule has 0 radical (unpaired) electrons. The molecule has 0 saturated carbocycles. The smallest absolute Gasteiger partial charge is 0.345 e. The average Bonchev–Trinajstić information content (AvgIpc) is 2.66. The van der Waals surface area contributed by atoms with Gasteiger partial charge in [0, 0.05) is 16.7 Å². The molecule has 1 atom stereocenters. The van der Waals surface area contributed by atoms with E-state index in [0.717, 1.165) is 30.0 Å². The maximum absolute atomic E-state index is 10.8. The summed E-state index contributed by atoms with van der Waals surface area (Å²) in [4.78, 5) is 12.3. The van der Waals surface area contributed by atoms with Gasteiger partial charge in [-0.05, 0) is 37.8 Å². The van der Waals surface area contributed by atoms with Crippen molar-refractivity contribution >= 4 is 29.1 Å². The molecule has 0 fully saturated rings. The van der Waals surface area contributed by atoms with Crippen LogP contribution in [0.1, 0.15) is 33.5 Å². The second-order valence-corrected chi connectivity index (χ2v) is 6.54. The second kappa shape index (κ2) is 7.03. The molecule has 3 nitrogen and oxygen atoms in total. The number of thiophene rings is 1. The summed E-state index contributed by atoms with van der Waals surface area (Å²) in [6.45, 7) is 5.92. The minimum atomic E-state index is -0.833. The first-order chi connectivity index (χ1) is 8.04. The van der Waals surface area contributed by atoms with Crippen molar-refractivity contribution in [3.8, 4) is 0 Å². The quantitative estimate of drug-likeness (QED) is 0.750. The molecule has 0 amide bonds. The maximum Gasteiger partial charge on any atom is 0.345 e. The normalized spacial score (nSPS) is 12.6. The zero-order chi connectivity index (χ0) is 12.8. The molecule has 17 heavy (non-hydrogen) atoms. The van der Waals surface area contributed by atoms with Gasteiger partial charge in [-0.25, -0.2) is 4.79 Å². The predicted molar refractivity (Wildman–Crippen MR) is 75.3 cm³/mol. The van der Waals surface area contributed by atoms with Crippen LogP contribution in [0.3, 0.4) is 0 Å². The van der Waals surface area contributed by atoms with Gasteiger partial charge in [0.25, 0.3) is 0 Å². The van der Waals surface area contributed by atoms with Gasteiger partial charge in [-0.1, -0.05) is 6.92 Å². The minimum absolute atomic E-state index is 0.428. The van der Waals surface area contributed by atoms with Crippen LogP contribution in [0.15, 0.2) is 6.07 Å². The third-order valence-corrected chi connectivity index (χ3v) is 4.80. The highest BCUT2D eigenvalue weighted by Crippen LogP contribution is 2.21. The first-order valence-corrected chi connectivity index (χ1v) is 7.71. The molecule has 1 heterocycles. The fourth-order valence-electron chi connectivity index (χ4n) is 1.45. The van der Waals surface area contributed by atoms with Crippen molar-refractivity contribution < 1.29 is 9.90 Å². The van der Waals surface area contributed by atoms with Crippen molar-refractivity contribution in [2.45, 2.75) is 32.1 Å². The summed E-state index contributed by atoms with van der Waals surface area (Å²) < 4.78 is 0. The van der Waals surface area contributed by atoms with Crippen LogP contribution in [0.2, 0.25) is 0 Å². The zero-order valence-electron chi connectivity index (χ0n) is 10.4. The SMILES string of the molecule is CSC(C)CCNCc1cc(C(=O)O)sc1C. The number of rotatable bonds is 7. The zero-order valence-corrected chi connectivity index (χ0v) is 12.1. The van der Waals surface area contributed by atoms with E-state index in [2.05, 4.69) is 18.5 Å². The van der Waals surface area contributed by atoms with Crippen LogP contribution >= 0.6 is 23.1 Å². The number of aryl methyl sites for hydroxylation is 1. The Hall–Kier alpha value is -0.520. The van der Waals surface area contributed by atoms with Crippen LogP contribution in [0.5, 0.6) is 0 Å². The Labute approximate surface area is 111 Å². The van der Waals surface area contributed by atoms with E-state index in [1.807, 2.05) is 18.7 Å². The highest BCUT2D eigenvalue weighted by atomic mass is 32.2. The van der Waals surface area contributed by atoms with Crippen LogP contribution in [0.25, 0.3) is 0 Å². The molecule has 0 spiro atoms. The Bertz CT molecular complexity index is 377. The summed E-state index contributed by atoms with van der Waals surface area (Å²) in [7, 11) is 0. The Balaban J connectivity index is 2.39. The molecule has 0 aliphatic carbocycles. The highest BCUT2D eigenvalue weighted by Gasteiger charge is 2.10. The highest BCUT2D eigenvalue weighted by molar-refractivity contribution is 7.99. The maximum atomic E-state index is 10.8. The molecule has 1 rings (SSSR count). The van der Waals surface area contributed by atoms with E-state index in [0.29, 0.717) is 10.1 Å². The summed E-state index contributed by atoms with van der Waals surface area (Å²) in [6.07, 6.45) is 3.25. The molecule has 0 aromatic carbocycles. The first-order valence-electron chi connectivity index (χ1n) is 5.60. The number of hydrogen-bond donors (Lipinski definition) is 2. The van der Waals surface area contributed by atoms with Crippen molar-refractivity contribution in [3.05, 3.63) is 21.4 Å². The average molecular weight is 273 g/mol. The van der Waals surface area contributed by atoms with E-state index in [9.17, 15) is 4.79 Å². The van der Waals surface area contributed by atoms with Gasteiger partial charge in [0.1, 0.15) is 4.88 Å². The monoisotopic (exact) mass is 273 g/mol. The largest absolute Gasteiger partial charge is 0.477 e. The summed E-state index contributed by atoms with van der Waals surface area (Å²) >= 11 is 3.21. The predicted octanol–water partition coefficient (Wildman–Crippen LogP) is 2.99. The van der Waals surface area contributed by atoms with Gasteiger partial charge in [-0.15, -0.1) is 11.3 Å². The molecule has 5 heteroatoms. The van der Waals surface area contributed by atoms with E-state index in [-0.39, 0.29) is 0 Å². The van der Waals surface area contributed by atoms with Crippen LogP contribution in [0, 0.1) is 6.92 Å². The third-order valence-electron chi connectivity index (χ3n) is 2.68. The molecular weight excluding hydrogens is 254 g/mol. The number of thioether (sulfide) groups is 1. The molecule has 1 aromatic heterocycles. The fourth-order valence-corrected chi connectivity index (χ4v) is 2.68. The topological polar surface area (TPSA) is 49.3 Å². The fraction of sp³-hybridized carbons (Fsp3) is 0.583. The Morgan fingerprint density at radius 3 is 2.88 bits per heavy atom. The molecule has 96 valence electrons. The number of carboxylic acid groups (broad SMARTS) is 1. The van der Waals surface area contributed by atoms with Gasteiger partial charge in [0.2, 0.25) is 0 Å². The van der Waals surface area contributed by atoms with Gasteiger partial charge in [-0.2, -0.15) is 11.8 Å². The standard InChI is InChI=1S/C12H19NO2S2/c1-8(16-3)4-5-13-7-10-6-11(12(14)15)17-9(10)2/h6,8,13H,4-5,7H2,1-3H3,(H,14,15). The summed E-state index contributed by atoms with van der Waals surface area (Å²) in [5.41, 5.74) is 1.10. The first kappa shape index (κ1) is 14.5. The Kier molecular flexibility index (Phi) is 6.02. The van der Waals surface area contributed by atoms with E-state index < -0.39 is 5.97 Å². The molecule has 0 aliphatic heterocycles. The lowest BCUT2D eigenvalue weighted by atomic mass is 10.2. The van der Waals surface area contributed by atoms with Crippen molar-refractivity contribution in [1.29, 1.82) is 0 Å². The van der Waals surface area contributed by atoms with E-state index in [4.69, 9.17) is 5.11 Å². The number of aromatic carboxylic acids is 1. The van der Waals surface area contributed by atoms with Crippen molar-refractivity contribution in [1.82, 2.24) is 5.32 Å². The molecule has 0 bridgehead atoms. The van der Waals surface area contributed by atoms with Crippen molar-refractivity contribution in [3.63, 3.8) is 0 Å². The number of carboxylic acids is 1. The lowest BCUT2D eigenvalue weighted by Crippen LogP contribution is -2.17.